The van der Waals surface area contributed by atoms with E-state index in [2.05, 4.69) is 15.3 Å². The second-order valence-corrected chi connectivity index (χ2v) is 4.82. The number of carbonyl (C=O) groups is 1. The second kappa shape index (κ2) is 4.59. The summed E-state index contributed by atoms with van der Waals surface area (Å²) in [6, 6.07) is 8.43. The summed E-state index contributed by atoms with van der Waals surface area (Å²) < 4.78 is 6.79. The maximum absolute atomic E-state index is 12.3. The minimum absolute atomic E-state index is 0.249. The minimum Gasteiger partial charge on any atom is -0.408 e. The highest BCUT2D eigenvalue weighted by Crippen LogP contribution is 2.17. The molecule has 0 saturated carbocycles. The number of amides is 1. The Hall–Kier alpha value is -3.35. The molecule has 3 heterocycles. The number of hydrogen-bond acceptors (Lipinski definition) is 4. The van der Waals surface area contributed by atoms with Crippen LogP contribution in [0.4, 0.5) is 5.69 Å². The van der Waals surface area contributed by atoms with E-state index < -0.39 is 5.76 Å². The van der Waals surface area contributed by atoms with Gasteiger partial charge in [0.15, 0.2) is 5.58 Å². The quantitative estimate of drug-likeness (QED) is 0.591. The van der Waals surface area contributed by atoms with Gasteiger partial charge in [0.05, 0.1) is 23.6 Å². The number of oxazole rings is 1. The molecule has 0 spiro atoms. The monoisotopic (exact) mass is 294 g/mol. The van der Waals surface area contributed by atoms with Crippen LogP contribution < -0.4 is 11.1 Å². The average Bonchev–Trinajstić information content (AvgIpc) is 3.10. The Morgan fingerprint density at radius 3 is 3.09 bits per heavy atom. The lowest BCUT2D eigenvalue weighted by molar-refractivity contribution is 0.102. The first-order valence-electron chi connectivity index (χ1n) is 6.55. The van der Waals surface area contributed by atoms with Crippen LogP contribution in [0.2, 0.25) is 0 Å². The number of benzene rings is 1. The number of nitrogens with one attached hydrogen (secondary N) is 2. The number of hydrogen-bond donors (Lipinski definition) is 2. The maximum Gasteiger partial charge on any atom is 0.417 e. The van der Waals surface area contributed by atoms with Gasteiger partial charge in [-0.2, -0.15) is 0 Å². The van der Waals surface area contributed by atoms with Gasteiger partial charge < -0.3 is 14.1 Å². The lowest BCUT2D eigenvalue weighted by atomic mass is 10.2. The van der Waals surface area contributed by atoms with E-state index >= 15 is 0 Å². The van der Waals surface area contributed by atoms with Crippen LogP contribution in [-0.2, 0) is 0 Å². The Kier molecular flexibility index (Phi) is 2.59. The molecule has 0 atom stereocenters. The number of imidazole rings is 1. The molecular weight excluding hydrogens is 284 g/mol. The van der Waals surface area contributed by atoms with Crippen LogP contribution in [0, 0.1) is 0 Å². The Balaban J connectivity index is 1.65. The van der Waals surface area contributed by atoms with Crippen molar-refractivity contribution in [2.45, 2.75) is 0 Å². The minimum atomic E-state index is -0.523. The van der Waals surface area contributed by atoms with Gasteiger partial charge in [0.1, 0.15) is 0 Å². The number of carbonyl (C=O) groups excluding carboxylic acids is 1. The Morgan fingerprint density at radius 2 is 2.18 bits per heavy atom. The van der Waals surface area contributed by atoms with Crippen LogP contribution in [0.1, 0.15) is 10.4 Å². The van der Waals surface area contributed by atoms with Crippen molar-refractivity contribution in [3.63, 3.8) is 0 Å². The summed E-state index contributed by atoms with van der Waals surface area (Å²) in [4.78, 5) is 30.0. The molecule has 0 fully saturated rings. The van der Waals surface area contributed by atoms with E-state index in [-0.39, 0.29) is 5.91 Å². The molecule has 4 rings (SSSR count). The smallest absolute Gasteiger partial charge is 0.408 e. The molecule has 7 nitrogen and oxygen atoms in total. The van der Waals surface area contributed by atoms with Crippen LogP contribution >= 0.6 is 0 Å². The van der Waals surface area contributed by atoms with E-state index in [0.29, 0.717) is 22.4 Å². The highest BCUT2D eigenvalue weighted by molar-refractivity contribution is 6.05. The normalized spacial score (nSPS) is 11.1. The van der Waals surface area contributed by atoms with Gasteiger partial charge in [0, 0.05) is 23.5 Å². The summed E-state index contributed by atoms with van der Waals surface area (Å²) >= 11 is 0. The topological polar surface area (TPSA) is 92.4 Å². The Bertz CT molecular complexity index is 1060. The van der Waals surface area contributed by atoms with Gasteiger partial charge in [0.25, 0.3) is 5.91 Å². The third-order valence-electron chi connectivity index (χ3n) is 3.36. The lowest BCUT2D eigenvalue weighted by Gasteiger charge is -2.05. The summed E-state index contributed by atoms with van der Waals surface area (Å²) in [6.45, 7) is 0. The molecule has 0 radical (unpaired) electrons. The Labute approximate surface area is 123 Å². The molecule has 22 heavy (non-hydrogen) atoms. The summed E-state index contributed by atoms with van der Waals surface area (Å²) in [5.41, 5.74) is 2.88. The highest BCUT2D eigenvalue weighted by Gasteiger charge is 2.09. The van der Waals surface area contributed by atoms with Crippen molar-refractivity contribution in [2.24, 2.45) is 0 Å². The van der Waals surface area contributed by atoms with Crippen molar-refractivity contribution in [3.05, 3.63) is 65.2 Å². The Morgan fingerprint density at radius 1 is 1.27 bits per heavy atom. The molecule has 0 bridgehead atoms. The fourth-order valence-corrected chi connectivity index (χ4v) is 2.29. The number of aromatic nitrogens is 3. The fourth-order valence-electron chi connectivity index (χ4n) is 2.29. The van der Waals surface area contributed by atoms with Crippen molar-refractivity contribution in [1.29, 1.82) is 0 Å². The van der Waals surface area contributed by atoms with Crippen LogP contribution in [0.3, 0.4) is 0 Å². The number of nitrogens with zero attached hydrogens (tertiary/aromatic N) is 2. The van der Waals surface area contributed by atoms with Crippen LogP contribution in [0.15, 0.2) is 58.3 Å². The largest absolute Gasteiger partial charge is 0.417 e. The van der Waals surface area contributed by atoms with Crippen LogP contribution in [0.5, 0.6) is 0 Å². The lowest BCUT2D eigenvalue weighted by Crippen LogP contribution is -2.12. The van der Waals surface area contributed by atoms with Crippen molar-refractivity contribution >= 4 is 28.2 Å². The molecule has 3 aromatic heterocycles. The summed E-state index contributed by atoms with van der Waals surface area (Å²) in [5.74, 6) is -0.773. The third kappa shape index (κ3) is 2.05. The van der Waals surface area contributed by atoms with Crippen molar-refractivity contribution in [2.75, 3.05) is 5.32 Å². The zero-order chi connectivity index (χ0) is 15.1. The summed E-state index contributed by atoms with van der Waals surface area (Å²) in [5, 5.41) is 2.77. The molecular formula is C15H10N4O3. The highest BCUT2D eigenvalue weighted by atomic mass is 16.4. The summed E-state index contributed by atoms with van der Waals surface area (Å²) in [6.07, 6.45) is 5.11. The first-order valence-corrected chi connectivity index (χ1v) is 6.55. The first kappa shape index (κ1) is 12.4. The first-order chi connectivity index (χ1) is 10.7. The van der Waals surface area contributed by atoms with Crippen molar-refractivity contribution in [1.82, 2.24) is 14.4 Å². The number of aromatic amines is 1. The predicted molar refractivity (Wildman–Crippen MR) is 80.0 cm³/mol. The van der Waals surface area contributed by atoms with Crippen molar-refractivity contribution in [3.8, 4) is 0 Å². The van der Waals surface area contributed by atoms with Gasteiger partial charge in [-0.15, -0.1) is 0 Å². The van der Waals surface area contributed by atoms with E-state index in [4.69, 9.17) is 4.42 Å². The molecule has 0 aliphatic carbocycles. The van der Waals surface area contributed by atoms with Crippen LogP contribution in [0.25, 0.3) is 16.6 Å². The molecule has 2 N–H and O–H groups in total. The van der Waals surface area contributed by atoms with Gasteiger partial charge in [-0.05, 0) is 24.3 Å². The SMILES string of the molecule is O=C(Nc1ccc2[nH]c(=O)oc2c1)c1ccn2cncc2c1. The molecule has 1 amide bonds. The van der Waals surface area contributed by atoms with Gasteiger partial charge in [-0.3, -0.25) is 9.78 Å². The molecule has 4 aromatic rings. The average molecular weight is 294 g/mol. The molecule has 0 saturated heterocycles. The zero-order valence-electron chi connectivity index (χ0n) is 11.2. The van der Waals surface area contributed by atoms with Crippen LogP contribution in [-0.4, -0.2) is 20.3 Å². The van der Waals surface area contributed by atoms with Gasteiger partial charge in [-0.1, -0.05) is 0 Å². The molecule has 0 aliphatic heterocycles. The van der Waals surface area contributed by atoms with E-state index in [1.807, 2.05) is 4.40 Å². The second-order valence-electron chi connectivity index (χ2n) is 4.82. The van der Waals surface area contributed by atoms with E-state index in [1.165, 1.54) is 0 Å². The standard InChI is InChI=1S/C15H10N4O3/c20-14(9-3-4-19-8-16-7-11(19)5-9)17-10-1-2-12-13(6-10)22-15(21)18-12/h1-8H,(H,17,20)(H,18,21). The number of rotatable bonds is 2. The maximum atomic E-state index is 12.3. The molecule has 1 aromatic carbocycles. The predicted octanol–water partition coefficient (Wildman–Crippen LogP) is 2.02. The number of H-pyrrole nitrogens is 1. The summed E-state index contributed by atoms with van der Waals surface area (Å²) in [7, 11) is 0. The van der Waals surface area contributed by atoms with Gasteiger partial charge in [-0.25, -0.2) is 9.78 Å². The number of pyridine rings is 1. The van der Waals surface area contributed by atoms with Gasteiger partial charge in [0.2, 0.25) is 0 Å². The molecule has 108 valence electrons. The third-order valence-corrected chi connectivity index (χ3v) is 3.36. The molecule has 7 heteroatoms. The fraction of sp³-hybridized carbons (Fsp3) is 0. The number of fused-ring (bicyclic) bond motifs is 2. The van der Waals surface area contributed by atoms with E-state index in [0.717, 1.165) is 5.52 Å². The van der Waals surface area contributed by atoms with Gasteiger partial charge >= 0.3 is 5.76 Å². The van der Waals surface area contributed by atoms with E-state index in [9.17, 15) is 9.59 Å². The molecule has 0 unspecified atom stereocenters. The number of anilines is 1. The zero-order valence-corrected chi connectivity index (χ0v) is 11.2. The van der Waals surface area contributed by atoms with E-state index in [1.54, 1.807) is 49.1 Å². The molecule has 0 aliphatic rings. The van der Waals surface area contributed by atoms with Crippen molar-refractivity contribution < 1.29 is 9.21 Å².